The maximum Gasteiger partial charge on any atom is 0.304 e. The highest BCUT2D eigenvalue weighted by Crippen LogP contribution is 2.21. The molecule has 0 bridgehead atoms. The molecule has 0 aliphatic rings. The van der Waals surface area contributed by atoms with E-state index in [4.69, 9.17) is 15.6 Å². The van der Waals surface area contributed by atoms with Crippen molar-refractivity contribution in [2.75, 3.05) is 13.2 Å². The summed E-state index contributed by atoms with van der Waals surface area (Å²) in [6.07, 6.45) is 0.0600. The van der Waals surface area contributed by atoms with E-state index < -0.39 is 5.97 Å². The number of rotatable bonds is 6. The van der Waals surface area contributed by atoms with Crippen LogP contribution >= 0.6 is 0 Å². The van der Waals surface area contributed by atoms with E-state index in [1.807, 2.05) is 31.2 Å². The maximum absolute atomic E-state index is 10.6. The summed E-state index contributed by atoms with van der Waals surface area (Å²) in [6, 6.07) is 7.41. The van der Waals surface area contributed by atoms with E-state index in [1.54, 1.807) is 0 Å². The minimum atomic E-state index is -0.829. The lowest BCUT2D eigenvalue weighted by atomic mass is 9.96. The van der Waals surface area contributed by atoms with Gasteiger partial charge >= 0.3 is 5.97 Å². The minimum Gasteiger partial charge on any atom is -0.494 e. The summed E-state index contributed by atoms with van der Waals surface area (Å²) in [4.78, 5) is 10.6. The summed E-state index contributed by atoms with van der Waals surface area (Å²) < 4.78 is 5.31. The number of hydrogen-bond donors (Lipinski definition) is 2. The molecule has 0 radical (unpaired) electrons. The van der Waals surface area contributed by atoms with Crippen molar-refractivity contribution in [1.82, 2.24) is 0 Å². The quantitative estimate of drug-likeness (QED) is 0.768. The number of carboxylic acid groups (broad SMARTS) is 1. The summed E-state index contributed by atoms with van der Waals surface area (Å²) in [5, 5.41) is 8.73. The Labute approximate surface area is 95.0 Å². The molecular weight excluding hydrogens is 206 g/mol. The second kappa shape index (κ2) is 6.12. The van der Waals surface area contributed by atoms with Crippen molar-refractivity contribution >= 4 is 5.97 Å². The number of aliphatic carboxylic acids is 1. The molecule has 4 nitrogen and oxygen atoms in total. The third-order valence-electron chi connectivity index (χ3n) is 2.37. The van der Waals surface area contributed by atoms with Gasteiger partial charge in [0.25, 0.3) is 0 Å². The van der Waals surface area contributed by atoms with Crippen LogP contribution < -0.4 is 10.5 Å². The number of carbonyl (C=O) groups is 1. The van der Waals surface area contributed by atoms with Crippen molar-refractivity contribution in [3.05, 3.63) is 29.8 Å². The third-order valence-corrected chi connectivity index (χ3v) is 2.37. The lowest BCUT2D eigenvalue weighted by Crippen LogP contribution is -2.16. The Hall–Kier alpha value is -1.55. The van der Waals surface area contributed by atoms with Crippen molar-refractivity contribution in [3.63, 3.8) is 0 Å². The zero-order valence-electron chi connectivity index (χ0n) is 9.35. The summed E-state index contributed by atoms with van der Waals surface area (Å²) in [5.41, 5.74) is 6.49. The van der Waals surface area contributed by atoms with Crippen LogP contribution in [-0.4, -0.2) is 24.2 Å². The van der Waals surface area contributed by atoms with Crippen LogP contribution in [0, 0.1) is 0 Å². The van der Waals surface area contributed by atoms with Crippen molar-refractivity contribution in [2.24, 2.45) is 5.73 Å². The third kappa shape index (κ3) is 3.55. The Balaban J connectivity index is 2.73. The zero-order valence-corrected chi connectivity index (χ0v) is 9.35. The molecule has 16 heavy (non-hydrogen) atoms. The van der Waals surface area contributed by atoms with Gasteiger partial charge in [0.2, 0.25) is 0 Å². The average molecular weight is 223 g/mol. The highest BCUT2D eigenvalue weighted by Gasteiger charge is 2.13. The van der Waals surface area contributed by atoms with Gasteiger partial charge in [-0.05, 0) is 31.2 Å². The lowest BCUT2D eigenvalue weighted by molar-refractivity contribution is -0.137. The van der Waals surface area contributed by atoms with E-state index in [0.717, 1.165) is 11.3 Å². The number of carboxylic acids is 1. The van der Waals surface area contributed by atoms with Crippen molar-refractivity contribution in [2.45, 2.75) is 19.3 Å². The standard InChI is InChI=1S/C12H17NO3/c1-2-16-11-5-3-9(4-6-11)10(8-13)7-12(14)15/h3-6,10H,2,7-8,13H2,1H3,(H,14,15)/t10-/m1/s1. The first-order chi connectivity index (χ1) is 7.67. The van der Waals surface area contributed by atoms with Crippen molar-refractivity contribution in [1.29, 1.82) is 0 Å². The van der Waals surface area contributed by atoms with Gasteiger partial charge in [-0.25, -0.2) is 0 Å². The highest BCUT2D eigenvalue weighted by molar-refractivity contribution is 5.68. The van der Waals surface area contributed by atoms with Crippen LogP contribution in [0.3, 0.4) is 0 Å². The number of nitrogens with two attached hydrogens (primary N) is 1. The second-order valence-electron chi connectivity index (χ2n) is 3.53. The summed E-state index contributed by atoms with van der Waals surface area (Å²) in [5.74, 6) is -0.171. The van der Waals surface area contributed by atoms with Gasteiger partial charge in [-0.15, -0.1) is 0 Å². The predicted molar refractivity (Wildman–Crippen MR) is 61.7 cm³/mol. The van der Waals surface area contributed by atoms with Gasteiger partial charge in [0.15, 0.2) is 0 Å². The van der Waals surface area contributed by atoms with Crippen LogP contribution in [0.25, 0.3) is 0 Å². The van der Waals surface area contributed by atoms with Crippen molar-refractivity contribution < 1.29 is 14.6 Å². The first-order valence-corrected chi connectivity index (χ1v) is 5.32. The van der Waals surface area contributed by atoms with Gasteiger partial charge in [-0.1, -0.05) is 12.1 Å². The molecule has 0 unspecified atom stereocenters. The van der Waals surface area contributed by atoms with Crippen LogP contribution in [-0.2, 0) is 4.79 Å². The number of ether oxygens (including phenoxy) is 1. The first kappa shape index (κ1) is 12.5. The zero-order chi connectivity index (χ0) is 12.0. The molecule has 0 aromatic heterocycles. The first-order valence-electron chi connectivity index (χ1n) is 5.32. The minimum absolute atomic E-state index is 0.0600. The van der Waals surface area contributed by atoms with Gasteiger partial charge in [0.1, 0.15) is 5.75 Å². The van der Waals surface area contributed by atoms with Crippen LogP contribution in [0.15, 0.2) is 24.3 Å². The van der Waals surface area contributed by atoms with E-state index in [1.165, 1.54) is 0 Å². The highest BCUT2D eigenvalue weighted by atomic mass is 16.5. The van der Waals surface area contributed by atoms with Crippen LogP contribution in [0.4, 0.5) is 0 Å². The van der Waals surface area contributed by atoms with Crippen LogP contribution in [0.5, 0.6) is 5.75 Å². The van der Waals surface area contributed by atoms with Gasteiger partial charge in [-0.3, -0.25) is 4.79 Å². The smallest absolute Gasteiger partial charge is 0.304 e. The molecule has 1 atom stereocenters. The topological polar surface area (TPSA) is 72.5 Å². The van der Waals surface area contributed by atoms with Crippen LogP contribution in [0.2, 0.25) is 0 Å². The Morgan fingerprint density at radius 3 is 2.50 bits per heavy atom. The maximum atomic E-state index is 10.6. The molecule has 0 heterocycles. The van der Waals surface area contributed by atoms with Gasteiger partial charge in [0, 0.05) is 5.92 Å². The second-order valence-corrected chi connectivity index (χ2v) is 3.53. The summed E-state index contributed by atoms with van der Waals surface area (Å²) in [6.45, 7) is 2.87. The number of hydrogen-bond acceptors (Lipinski definition) is 3. The van der Waals surface area contributed by atoms with Gasteiger partial charge in [-0.2, -0.15) is 0 Å². The molecule has 3 N–H and O–H groups in total. The Morgan fingerprint density at radius 2 is 2.06 bits per heavy atom. The fraction of sp³-hybridized carbons (Fsp3) is 0.417. The van der Waals surface area contributed by atoms with E-state index in [0.29, 0.717) is 13.2 Å². The molecular formula is C12H17NO3. The molecule has 0 amide bonds. The Bertz CT molecular complexity index is 335. The molecule has 4 heteroatoms. The molecule has 0 saturated carbocycles. The van der Waals surface area contributed by atoms with E-state index in [-0.39, 0.29) is 12.3 Å². The van der Waals surface area contributed by atoms with Crippen LogP contribution in [0.1, 0.15) is 24.8 Å². The fourth-order valence-electron chi connectivity index (χ4n) is 1.55. The Morgan fingerprint density at radius 1 is 1.44 bits per heavy atom. The van der Waals surface area contributed by atoms with Crippen molar-refractivity contribution in [3.8, 4) is 5.75 Å². The van der Waals surface area contributed by atoms with E-state index >= 15 is 0 Å². The molecule has 0 saturated heterocycles. The predicted octanol–water partition coefficient (Wildman–Crippen LogP) is 1.60. The molecule has 1 rings (SSSR count). The molecule has 0 fully saturated rings. The average Bonchev–Trinajstić information content (AvgIpc) is 2.27. The Kier molecular flexibility index (Phi) is 4.79. The van der Waals surface area contributed by atoms with E-state index in [2.05, 4.69) is 0 Å². The van der Waals surface area contributed by atoms with E-state index in [9.17, 15) is 4.79 Å². The largest absolute Gasteiger partial charge is 0.494 e. The lowest BCUT2D eigenvalue weighted by Gasteiger charge is -2.13. The monoisotopic (exact) mass is 223 g/mol. The molecule has 1 aromatic rings. The molecule has 0 aliphatic heterocycles. The fourth-order valence-corrected chi connectivity index (χ4v) is 1.55. The molecule has 1 aromatic carbocycles. The molecule has 0 spiro atoms. The normalized spacial score (nSPS) is 12.1. The number of benzene rings is 1. The van der Waals surface area contributed by atoms with Gasteiger partial charge in [0.05, 0.1) is 13.0 Å². The van der Waals surface area contributed by atoms with Gasteiger partial charge < -0.3 is 15.6 Å². The SMILES string of the molecule is CCOc1ccc([C@@H](CN)CC(=O)O)cc1. The molecule has 88 valence electrons. The summed E-state index contributed by atoms with van der Waals surface area (Å²) in [7, 11) is 0. The summed E-state index contributed by atoms with van der Waals surface area (Å²) >= 11 is 0. The molecule has 0 aliphatic carbocycles.